The molecule has 0 aliphatic carbocycles. The highest BCUT2D eigenvalue weighted by Gasteiger charge is 2.14. The number of aromatic carboxylic acids is 1. The number of furan rings is 1. The van der Waals surface area contributed by atoms with Gasteiger partial charge >= 0.3 is 5.97 Å². The third kappa shape index (κ3) is 3.01. The molecule has 0 atom stereocenters. The molecule has 20 heavy (non-hydrogen) atoms. The molecule has 0 spiro atoms. The molecule has 0 unspecified atom stereocenters. The van der Waals surface area contributed by atoms with E-state index in [1.807, 2.05) is 6.92 Å². The molecule has 2 N–H and O–H groups in total. The normalized spacial score (nSPS) is 10.6. The molecule has 0 aliphatic heterocycles. The van der Waals surface area contributed by atoms with Gasteiger partial charge in [0.25, 0.3) is 0 Å². The van der Waals surface area contributed by atoms with Crippen molar-refractivity contribution in [2.24, 2.45) is 0 Å². The van der Waals surface area contributed by atoms with Crippen molar-refractivity contribution in [1.29, 1.82) is 0 Å². The predicted octanol–water partition coefficient (Wildman–Crippen LogP) is 4.11. The third-order valence-electron chi connectivity index (χ3n) is 2.88. The Hall–Kier alpha value is -1.82. The standard InChI is InChI=1S/C14H13BrFNO3/c1-7-4-10(15)11(16)5-12(7)17-6-9-3-8(2)13(20-9)14(18)19/h3-5,17H,6H2,1-2H3,(H,18,19). The summed E-state index contributed by atoms with van der Waals surface area (Å²) >= 11 is 3.12. The fraction of sp³-hybridized carbons (Fsp3) is 0.214. The summed E-state index contributed by atoms with van der Waals surface area (Å²) in [5, 5.41) is 11.9. The van der Waals surface area contributed by atoms with Crippen LogP contribution in [-0.4, -0.2) is 11.1 Å². The summed E-state index contributed by atoms with van der Waals surface area (Å²) in [6, 6.07) is 4.71. The summed E-state index contributed by atoms with van der Waals surface area (Å²) in [6.45, 7) is 3.81. The Morgan fingerprint density at radius 2 is 2.05 bits per heavy atom. The molecule has 0 aliphatic rings. The van der Waals surface area contributed by atoms with Crippen LogP contribution in [0.5, 0.6) is 0 Å². The minimum atomic E-state index is -1.10. The molecule has 2 rings (SSSR count). The van der Waals surface area contributed by atoms with E-state index in [0.717, 1.165) is 5.56 Å². The number of hydrogen-bond donors (Lipinski definition) is 2. The molecule has 6 heteroatoms. The molecule has 106 valence electrons. The largest absolute Gasteiger partial charge is 0.475 e. The minimum Gasteiger partial charge on any atom is -0.475 e. The van der Waals surface area contributed by atoms with E-state index >= 15 is 0 Å². The SMILES string of the molecule is Cc1cc(Br)c(F)cc1NCc1cc(C)c(C(=O)O)o1. The summed E-state index contributed by atoms with van der Waals surface area (Å²) < 4.78 is 19.1. The number of aryl methyl sites for hydroxylation is 2. The quantitative estimate of drug-likeness (QED) is 0.878. The van der Waals surface area contributed by atoms with Crippen molar-refractivity contribution in [1.82, 2.24) is 0 Å². The molecule has 0 amide bonds. The highest BCUT2D eigenvalue weighted by atomic mass is 79.9. The van der Waals surface area contributed by atoms with Crippen LogP contribution in [0, 0.1) is 19.7 Å². The van der Waals surface area contributed by atoms with E-state index in [9.17, 15) is 9.18 Å². The highest BCUT2D eigenvalue weighted by molar-refractivity contribution is 9.10. The lowest BCUT2D eigenvalue weighted by atomic mass is 10.2. The molecule has 1 aromatic carbocycles. The molecule has 0 fully saturated rings. The average molecular weight is 342 g/mol. The van der Waals surface area contributed by atoms with E-state index < -0.39 is 5.97 Å². The summed E-state index contributed by atoms with van der Waals surface area (Å²) in [5.41, 5.74) is 2.07. The van der Waals surface area contributed by atoms with Crippen LogP contribution >= 0.6 is 15.9 Å². The zero-order chi connectivity index (χ0) is 14.9. The van der Waals surface area contributed by atoms with Crippen LogP contribution in [0.25, 0.3) is 0 Å². The van der Waals surface area contributed by atoms with Gasteiger partial charge in [-0.1, -0.05) is 0 Å². The van der Waals surface area contributed by atoms with Crippen LogP contribution in [0.15, 0.2) is 27.1 Å². The van der Waals surface area contributed by atoms with Crippen LogP contribution in [0.1, 0.15) is 27.4 Å². The molecule has 0 saturated heterocycles. The van der Waals surface area contributed by atoms with Crippen molar-refractivity contribution in [3.63, 3.8) is 0 Å². The second-order valence-electron chi connectivity index (χ2n) is 4.46. The molecular weight excluding hydrogens is 329 g/mol. The first-order valence-electron chi connectivity index (χ1n) is 5.90. The monoisotopic (exact) mass is 341 g/mol. The summed E-state index contributed by atoms with van der Waals surface area (Å²) in [5.74, 6) is -1.04. The molecule has 0 saturated carbocycles. The number of halogens is 2. The van der Waals surface area contributed by atoms with Crippen LogP contribution in [0.2, 0.25) is 0 Å². The van der Waals surface area contributed by atoms with E-state index in [2.05, 4.69) is 21.2 Å². The zero-order valence-electron chi connectivity index (χ0n) is 11.0. The molecule has 2 aromatic rings. The van der Waals surface area contributed by atoms with E-state index in [-0.39, 0.29) is 18.1 Å². The zero-order valence-corrected chi connectivity index (χ0v) is 12.5. The number of rotatable bonds is 4. The van der Waals surface area contributed by atoms with Gasteiger partial charge < -0.3 is 14.8 Å². The smallest absolute Gasteiger partial charge is 0.372 e. The summed E-state index contributed by atoms with van der Waals surface area (Å²) in [4.78, 5) is 10.9. The van der Waals surface area contributed by atoms with Crippen LogP contribution in [0.4, 0.5) is 10.1 Å². The van der Waals surface area contributed by atoms with Gasteiger partial charge in [-0.05, 0) is 53.5 Å². The number of carboxylic acid groups (broad SMARTS) is 1. The fourth-order valence-corrected chi connectivity index (χ4v) is 2.32. The van der Waals surface area contributed by atoms with Crippen molar-refractivity contribution in [2.45, 2.75) is 20.4 Å². The van der Waals surface area contributed by atoms with Gasteiger partial charge in [0, 0.05) is 11.3 Å². The summed E-state index contributed by atoms with van der Waals surface area (Å²) in [6.07, 6.45) is 0. The van der Waals surface area contributed by atoms with E-state index in [1.165, 1.54) is 6.07 Å². The number of carboxylic acids is 1. The molecule has 4 nitrogen and oxygen atoms in total. The number of anilines is 1. The van der Waals surface area contributed by atoms with Crippen molar-refractivity contribution < 1.29 is 18.7 Å². The lowest BCUT2D eigenvalue weighted by Crippen LogP contribution is -2.01. The van der Waals surface area contributed by atoms with Gasteiger partial charge in [0.2, 0.25) is 5.76 Å². The number of benzene rings is 1. The first-order valence-corrected chi connectivity index (χ1v) is 6.70. The van der Waals surface area contributed by atoms with E-state index in [0.29, 0.717) is 21.5 Å². The van der Waals surface area contributed by atoms with Gasteiger partial charge in [0.1, 0.15) is 11.6 Å². The lowest BCUT2D eigenvalue weighted by Gasteiger charge is -2.09. The van der Waals surface area contributed by atoms with Gasteiger partial charge in [-0.3, -0.25) is 0 Å². The highest BCUT2D eigenvalue weighted by Crippen LogP contribution is 2.25. The Morgan fingerprint density at radius 3 is 2.65 bits per heavy atom. The van der Waals surface area contributed by atoms with Crippen molar-refractivity contribution in [2.75, 3.05) is 5.32 Å². The first-order chi connectivity index (χ1) is 9.38. The van der Waals surface area contributed by atoms with Gasteiger partial charge in [-0.2, -0.15) is 0 Å². The van der Waals surface area contributed by atoms with Crippen molar-refractivity contribution in [3.05, 3.63) is 51.1 Å². The Balaban J connectivity index is 2.15. The molecular formula is C14H13BrFNO3. The van der Waals surface area contributed by atoms with Crippen LogP contribution < -0.4 is 5.32 Å². The number of carbonyl (C=O) groups is 1. The summed E-state index contributed by atoms with van der Waals surface area (Å²) in [7, 11) is 0. The Bertz CT molecular complexity index is 667. The Kier molecular flexibility index (Phi) is 4.13. The van der Waals surface area contributed by atoms with Crippen LogP contribution in [0.3, 0.4) is 0 Å². The van der Waals surface area contributed by atoms with Gasteiger partial charge in [-0.25, -0.2) is 9.18 Å². The second-order valence-corrected chi connectivity index (χ2v) is 5.32. The Labute approximate surface area is 123 Å². The molecule has 0 bridgehead atoms. The maximum absolute atomic E-state index is 13.5. The van der Waals surface area contributed by atoms with Gasteiger partial charge in [-0.15, -0.1) is 0 Å². The maximum atomic E-state index is 13.5. The predicted molar refractivity (Wildman–Crippen MR) is 76.6 cm³/mol. The average Bonchev–Trinajstić information content (AvgIpc) is 2.74. The molecule has 1 aromatic heterocycles. The van der Waals surface area contributed by atoms with E-state index in [1.54, 1.807) is 19.1 Å². The number of nitrogens with one attached hydrogen (secondary N) is 1. The second kappa shape index (κ2) is 5.66. The first kappa shape index (κ1) is 14.6. The molecule has 0 radical (unpaired) electrons. The third-order valence-corrected chi connectivity index (χ3v) is 3.49. The van der Waals surface area contributed by atoms with Crippen molar-refractivity contribution in [3.8, 4) is 0 Å². The van der Waals surface area contributed by atoms with Crippen molar-refractivity contribution >= 4 is 27.6 Å². The van der Waals surface area contributed by atoms with Crippen LogP contribution in [-0.2, 0) is 6.54 Å². The van der Waals surface area contributed by atoms with Gasteiger partial charge in [0.05, 0.1) is 11.0 Å². The topological polar surface area (TPSA) is 62.5 Å². The fourth-order valence-electron chi connectivity index (χ4n) is 1.87. The number of hydrogen-bond acceptors (Lipinski definition) is 3. The lowest BCUT2D eigenvalue weighted by molar-refractivity contribution is 0.0659. The van der Waals surface area contributed by atoms with Gasteiger partial charge in [0.15, 0.2) is 0 Å². The molecule has 1 heterocycles. The Morgan fingerprint density at radius 1 is 1.35 bits per heavy atom. The van der Waals surface area contributed by atoms with E-state index in [4.69, 9.17) is 9.52 Å². The maximum Gasteiger partial charge on any atom is 0.372 e. The minimum absolute atomic E-state index is 0.0690.